The van der Waals surface area contributed by atoms with Crippen LogP contribution in [0, 0.1) is 11.7 Å². The average molecular weight is 525 g/mol. The largest absolute Gasteiger partial charge is 0.342 e. The number of rotatable bonds is 9. The zero-order valence-electron chi connectivity index (χ0n) is 22.1. The van der Waals surface area contributed by atoms with Crippen molar-refractivity contribution < 1.29 is 14.0 Å². The number of aromatic nitrogens is 5. The van der Waals surface area contributed by atoms with Crippen LogP contribution >= 0.6 is 0 Å². The standard InChI is InChI=1S/C30H29FN6O2/c1-4-28(38)26(12-18(2)3)35-29(39)23-9-8-21(15-24(23)31)27-17-34-30-33-16-22(37(30)36-27)14-19-7-10-25-20(13-19)6-5-11-32-25/h5-11,13,15-18,26H,4,12,14H2,1-3H3,(H,35,39)/t26-/m1/s1. The number of nitrogens with one attached hydrogen (secondary N) is 1. The Bertz CT molecular complexity index is 1680. The molecule has 0 fully saturated rings. The van der Waals surface area contributed by atoms with Crippen LogP contribution in [0.2, 0.25) is 0 Å². The summed E-state index contributed by atoms with van der Waals surface area (Å²) in [4.78, 5) is 38.2. The molecule has 9 heteroatoms. The van der Waals surface area contributed by atoms with Gasteiger partial charge in [-0.3, -0.25) is 14.6 Å². The van der Waals surface area contributed by atoms with Crippen molar-refractivity contribution in [3.63, 3.8) is 0 Å². The van der Waals surface area contributed by atoms with Crippen LogP contribution in [0.1, 0.15) is 55.2 Å². The molecule has 1 amide bonds. The van der Waals surface area contributed by atoms with E-state index in [0.29, 0.717) is 36.3 Å². The first-order valence-corrected chi connectivity index (χ1v) is 13.0. The van der Waals surface area contributed by atoms with Crippen molar-refractivity contribution >= 4 is 28.4 Å². The molecule has 0 saturated heterocycles. The minimum absolute atomic E-state index is 0.0749. The lowest BCUT2D eigenvalue weighted by Crippen LogP contribution is -2.41. The minimum atomic E-state index is -0.699. The molecule has 0 bridgehead atoms. The smallest absolute Gasteiger partial charge is 0.254 e. The molecule has 2 aromatic carbocycles. The summed E-state index contributed by atoms with van der Waals surface area (Å²) < 4.78 is 16.8. The molecular formula is C30H29FN6O2. The molecule has 0 radical (unpaired) electrons. The highest BCUT2D eigenvalue weighted by Gasteiger charge is 2.23. The zero-order valence-corrected chi connectivity index (χ0v) is 22.1. The van der Waals surface area contributed by atoms with Crippen molar-refractivity contribution in [3.05, 3.63) is 89.8 Å². The summed E-state index contributed by atoms with van der Waals surface area (Å²) >= 11 is 0. The van der Waals surface area contributed by atoms with Crippen molar-refractivity contribution in [1.82, 2.24) is 29.9 Å². The number of hydrogen-bond acceptors (Lipinski definition) is 6. The minimum Gasteiger partial charge on any atom is -0.342 e. The fourth-order valence-electron chi connectivity index (χ4n) is 4.60. The van der Waals surface area contributed by atoms with Gasteiger partial charge >= 0.3 is 0 Å². The van der Waals surface area contributed by atoms with Gasteiger partial charge in [-0.25, -0.2) is 18.9 Å². The van der Waals surface area contributed by atoms with Gasteiger partial charge in [0, 0.05) is 30.0 Å². The molecule has 5 aromatic rings. The van der Waals surface area contributed by atoms with Gasteiger partial charge in [0.25, 0.3) is 11.7 Å². The van der Waals surface area contributed by atoms with Crippen LogP contribution in [-0.2, 0) is 11.2 Å². The van der Waals surface area contributed by atoms with E-state index in [4.69, 9.17) is 0 Å². The van der Waals surface area contributed by atoms with Crippen molar-refractivity contribution in [2.45, 2.75) is 46.1 Å². The van der Waals surface area contributed by atoms with E-state index in [-0.39, 0.29) is 17.3 Å². The van der Waals surface area contributed by atoms with Crippen molar-refractivity contribution in [2.75, 3.05) is 0 Å². The van der Waals surface area contributed by atoms with Crippen LogP contribution < -0.4 is 5.32 Å². The molecular weight excluding hydrogens is 495 g/mol. The highest BCUT2D eigenvalue weighted by atomic mass is 19.1. The molecule has 5 rings (SSSR count). The van der Waals surface area contributed by atoms with E-state index in [9.17, 15) is 9.59 Å². The van der Waals surface area contributed by atoms with Crippen LogP contribution in [-0.4, -0.2) is 42.3 Å². The Morgan fingerprint density at radius 2 is 1.85 bits per heavy atom. The molecule has 1 N–H and O–H groups in total. The van der Waals surface area contributed by atoms with E-state index in [2.05, 4.69) is 31.4 Å². The molecule has 0 spiro atoms. The quantitative estimate of drug-likeness (QED) is 0.285. The lowest BCUT2D eigenvalue weighted by atomic mass is 9.98. The Balaban J connectivity index is 1.39. The number of carbonyl (C=O) groups excluding carboxylic acids is 2. The van der Waals surface area contributed by atoms with Gasteiger partial charge < -0.3 is 5.32 Å². The van der Waals surface area contributed by atoms with Gasteiger partial charge in [-0.1, -0.05) is 39.0 Å². The third-order valence-electron chi connectivity index (χ3n) is 6.61. The number of benzene rings is 2. The average Bonchev–Trinajstić information content (AvgIpc) is 3.33. The molecule has 0 unspecified atom stereocenters. The van der Waals surface area contributed by atoms with Crippen LogP contribution in [0.3, 0.4) is 0 Å². The van der Waals surface area contributed by atoms with Gasteiger partial charge in [-0.05, 0) is 48.2 Å². The summed E-state index contributed by atoms with van der Waals surface area (Å²) in [5.74, 6) is -0.748. The maximum absolute atomic E-state index is 15.1. The molecule has 0 aliphatic rings. The Morgan fingerprint density at radius 1 is 1.03 bits per heavy atom. The molecule has 3 heterocycles. The zero-order chi connectivity index (χ0) is 27.5. The van der Waals surface area contributed by atoms with Gasteiger partial charge in [0.1, 0.15) is 11.5 Å². The summed E-state index contributed by atoms with van der Waals surface area (Å²) in [6, 6.07) is 13.7. The molecule has 8 nitrogen and oxygen atoms in total. The van der Waals surface area contributed by atoms with Crippen LogP contribution in [0.4, 0.5) is 4.39 Å². The maximum Gasteiger partial charge on any atom is 0.254 e. The fourth-order valence-corrected chi connectivity index (χ4v) is 4.60. The summed E-state index contributed by atoms with van der Waals surface area (Å²) in [7, 11) is 0. The number of fused-ring (bicyclic) bond motifs is 2. The second kappa shape index (κ2) is 11.1. The van der Waals surface area contributed by atoms with E-state index in [1.807, 2.05) is 38.1 Å². The van der Waals surface area contributed by atoms with Crippen LogP contribution in [0.15, 0.2) is 67.1 Å². The molecule has 0 saturated carbocycles. The first-order chi connectivity index (χ1) is 18.8. The fraction of sp³-hybridized carbons (Fsp3) is 0.267. The van der Waals surface area contributed by atoms with Crippen molar-refractivity contribution in [1.29, 1.82) is 0 Å². The third-order valence-corrected chi connectivity index (χ3v) is 6.61. The maximum atomic E-state index is 15.1. The monoisotopic (exact) mass is 524 g/mol. The number of nitrogens with zero attached hydrogens (tertiary/aromatic N) is 5. The lowest BCUT2D eigenvalue weighted by Gasteiger charge is -2.19. The lowest BCUT2D eigenvalue weighted by molar-refractivity contribution is -0.120. The normalized spacial score (nSPS) is 12.2. The van der Waals surface area contributed by atoms with E-state index in [0.717, 1.165) is 22.2 Å². The van der Waals surface area contributed by atoms with Crippen molar-refractivity contribution in [2.24, 2.45) is 5.92 Å². The summed E-state index contributed by atoms with van der Waals surface area (Å²) in [5, 5.41) is 8.41. The first-order valence-electron chi connectivity index (χ1n) is 13.0. The molecule has 1 atom stereocenters. The van der Waals surface area contributed by atoms with E-state index >= 15 is 4.39 Å². The van der Waals surface area contributed by atoms with Gasteiger partial charge in [-0.15, -0.1) is 0 Å². The Hall–Kier alpha value is -4.53. The highest BCUT2D eigenvalue weighted by molar-refractivity contribution is 5.98. The molecule has 3 aromatic heterocycles. The summed E-state index contributed by atoms with van der Waals surface area (Å²) in [6.45, 7) is 5.70. The van der Waals surface area contributed by atoms with E-state index < -0.39 is 17.8 Å². The molecule has 39 heavy (non-hydrogen) atoms. The Kier molecular flexibility index (Phi) is 7.40. The first kappa shape index (κ1) is 26.1. The summed E-state index contributed by atoms with van der Waals surface area (Å²) in [6.07, 6.45) is 6.40. The van der Waals surface area contributed by atoms with E-state index in [1.54, 1.807) is 29.9 Å². The number of imidazole rings is 1. The molecule has 0 aliphatic carbocycles. The number of hydrogen-bond donors (Lipinski definition) is 1. The molecule has 0 aliphatic heterocycles. The Labute approximate surface area is 225 Å². The van der Waals surface area contributed by atoms with Gasteiger partial charge in [0.15, 0.2) is 5.78 Å². The SMILES string of the molecule is CCC(=O)[C@@H](CC(C)C)NC(=O)c1ccc(-c2cnc3ncc(Cc4ccc5ncccc5c4)n3n2)cc1F. The molecule has 198 valence electrons. The second-order valence-corrected chi connectivity index (χ2v) is 9.98. The van der Waals surface area contributed by atoms with Gasteiger partial charge in [-0.2, -0.15) is 5.10 Å². The Morgan fingerprint density at radius 3 is 2.62 bits per heavy atom. The number of Topliss-reactive ketones (excluding diaryl/α,β-unsaturated/α-hetero) is 1. The highest BCUT2D eigenvalue weighted by Crippen LogP contribution is 2.22. The number of ketones is 1. The predicted octanol–water partition coefficient (Wildman–Crippen LogP) is 5.19. The number of amides is 1. The number of pyridine rings is 1. The van der Waals surface area contributed by atoms with Crippen molar-refractivity contribution in [3.8, 4) is 11.3 Å². The van der Waals surface area contributed by atoms with Gasteiger partial charge in [0.2, 0.25) is 0 Å². The number of halogens is 1. The van der Waals surface area contributed by atoms with Crippen LogP contribution in [0.5, 0.6) is 0 Å². The topological polar surface area (TPSA) is 102 Å². The number of carbonyl (C=O) groups is 2. The second-order valence-electron chi connectivity index (χ2n) is 9.98. The van der Waals surface area contributed by atoms with E-state index in [1.165, 1.54) is 18.3 Å². The van der Waals surface area contributed by atoms with Gasteiger partial charge in [0.05, 0.1) is 35.2 Å². The summed E-state index contributed by atoms with van der Waals surface area (Å²) in [5.41, 5.74) is 3.61. The third kappa shape index (κ3) is 5.67. The van der Waals surface area contributed by atoms with Crippen LogP contribution in [0.25, 0.3) is 27.9 Å². The predicted molar refractivity (Wildman–Crippen MR) is 147 cm³/mol.